The van der Waals surface area contributed by atoms with Gasteiger partial charge in [-0.15, -0.1) is 0 Å². The largest absolute Gasteiger partial charge is 0.477 e. The van der Waals surface area contributed by atoms with E-state index in [1.807, 2.05) is 0 Å². The van der Waals surface area contributed by atoms with Crippen molar-refractivity contribution in [2.45, 2.75) is 0 Å². The molecule has 3 heterocycles. The number of thiazole rings is 1. The van der Waals surface area contributed by atoms with E-state index in [2.05, 4.69) is 19.8 Å². The molecule has 0 aliphatic carbocycles. The number of hydrogen-bond acceptors (Lipinski definition) is 6. The number of halogens is 1. The van der Waals surface area contributed by atoms with E-state index in [1.165, 1.54) is 29.8 Å². The highest BCUT2D eigenvalue weighted by Crippen LogP contribution is 2.24. The van der Waals surface area contributed by atoms with Crippen LogP contribution in [0.15, 0.2) is 24.5 Å². The molecule has 1 aliphatic heterocycles. The number of anilines is 2. The minimum atomic E-state index is -0.951. The summed E-state index contributed by atoms with van der Waals surface area (Å²) in [5.41, 5.74) is 0. The van der Waals surface area contributed by atoms with Gasteiger partial charge in [-0.05, 0) is 12.1 Å². The van der Waals surface area contributed by atoms with Crippen LogP contribution in [-0.2, 0) is 0 Å². The van der Waals surface area contributed by atoms with Gasteiger partial charge in [-0.2, -0.15) is 0 Å². The van der Waals surface area contributed by atoms with Crippen LogP contribution in [0.25, 0.3) is 0 Å². The first-order valence-electron chi connectivity index (χ1n) is 6.44. The van der Waals surface area contributed by atoms with Crippen LogP contribution >= 0.6 is 11.3 Å². The standard InChI is InChI=1S/C13H13FN4O2S/c14-9-1-2-11(15-7-9)17-3-5-18(6-4-17)13-16-8-10(21-13)12(19)20/h1-2,7-8H,3-6H2,(H,19,20). The summed E-state index contributed by atoms with van der Waals surface area (Å²) < 4.78 is 12.9. The number of rotatable bonds is 3. The Hall–Kier alpha value is -2.22. The highest BCUT2D eigenvalue weighted by atomic mass is 32.1. The fourth-order valence-electron chi connectivity index (χ4n) is 2.19. The van der Waals surface area contributed by atoms with E-state index in [9.17, 15) is 9.18 Å². The van der Waals surface area contributed by atoms with Gasteiger partial charge in [0.1, 0.15) is 16.5 Å². The molecule has 0 unspecified atom stereocenters. The molecule has 3 rings (SSSR count). The van der Waals surface area contributed by atoms with Crippen LogP contribution in [0, 0.1) is 5.82 Å². The van der Waals surface area contributed by atoms with E-state index < -0.39 is 5.97 Å². The molecule has 1 saturated heterocycles. The van der Waals surface area contributed by atoms with Crippen molar-refractivity contribution in [3.8, 4) is 0 Å². The second-order valence-corrected chi connectivity index (χ2v) is 5.63. The van der Waals surface area contributed by atoms with Gasteiger partial charge < -0.3 is 14.9 Å². The Kier molecular flexibility index (Phi) is 3.70. The summed E-state index contributed by atoms with van der Waals surface area (Å²) in [6, 6.07) is 3.06. The predicted molar refractivity (Wildman–Crippen MR) is 77.7 cm³/mol. The number of hydrogen-bond donors (Lipinski definition) is 1. The van der Waals surface area contributed by atoms with Gasteiger partial charge in [-0.1, -0.05) is 11.3 Å². The summed E-state index contributed by atoms with van der Waals surface area (Å²) in [6.07, 6.45) is 2.60. The van der Waals surface area contributed by atoms with Gasteiger partial charge >= 0.3 is 5.97 Å². The summed E-state index contributed by atoms with van der Waals surface area (Å²) in [6.45, 7) is 2.93. The molecule has 1 N–H and O–H groups in total. The number of carbonyl (C=O) groups is 1. The maximum absolute atomic E-state index is 12.9. The van der Waals surface area contributed by atoms with E-state index in [1.54, 1.807) is 6.07 Å². The maximum Gasteiger partial charge on any atom is 0.347 e. The Labute approximate surface area is 124 Å². The number of nitrogens with zero attached hydrogens (tertiary/aromatic N) is 4. The molecule has 0 bridgehead atoms. The molecular formula is C13H13FN4O2S. The zero-order valence-corrected chi connectivity index (χ0v) is 11.9. The molecule has 1 aliphatic rings. The molecule has 1 fully saturated rings. The van der Waals surface area contributed by atoms with Crippen molar-refractivity contribution >= 4 is 28.3 Å². The highest BCUT2D eigenvalue weighted by Gasteiger charge is 2.21. The van der Waals surface area contributed by atoms with Crippen molar-refractivity contribution in [1.29, 1.82) is 0 Å². The number of carboxylic acid groups (broad SMARTS) is 1. The van der Waals surface area contributed by atoms with Gasteiger partial charge in [0.05, 0.1) is 12.4 Å². The Bertz CT molecular complexity index is 638. The lowest BCUT2D eigenvalue weighted by atomic mass is 10.3. The molecule has 0 amide bonds. The van der Waals surface area contributed by atoms with Crippen LogP contribution in [-0.4, -0.2) is 47.2 Å². The van der Waals surface area contributed by atoms with Crippen molar-refractivity contribution in [2.24, 2.45) is 0 Å². The van der Waals surface area contributed by atoms with Gasteiger partial charge in [-0.3, -0.25) is 0 Å². The van der Waals surface area contributed by atoms with E-state index in [-0.39, 0.29) is 10.7 Å². The molecule has 6 nitrogen and oxygen atoms in total. The average Bonchev–Trinajstić information content (AvgIpc) is 2.98. The molecular weight excluding hydrogens is 295 g/mol. The first-order valence-corrected chi connectivity index (χ1v) is 7.26. The third kappa shape index (κ3) is 2.94. The van der Waals surface area contributed by atoms with Crippen molar-refractivity contribution < 1.29 is 14.3 Å². The van der Waals surface area contributed by atoms with Crippen molar-refractivity contribution in [3.05, 3.63) is 35.2 Å². The lowest BCUT2D eigenvalue weighted by Crippen LogP contribution is -2.46. The number of piperazine rings is 1. The van der Waals surface area contributed by atoms with Crippen molar-refractivity contribution in [2.75, 3.05) is 36.0 Å². The predicted octanol–water partition coefficient (Wildman–Crippen LogP) is 1.70. The average molecular weight is 308 g/mol. The van der Waals surface area contributed by atoms with Gasteiger partial charge in [0.2, 0.25) is 0 Å². The topological polar surface area (TPSA) is 69.6 Å². The van der Waals surface area contributed by atoms with Crippen LogP contribution in [0.3, 0.4) is 0 Å². The van der Waals surface area contributed by atoms with Gasteiger partial charge in [0.15, 0.2) is 5.13 Å². The molecule has 0 aromatic carbocycles. The first kappa shape index (κ1) is 13.7. The van der Waals surface area contributed by atoms with Gasteiger partial charge in [-0.25, -0.2) is 19.2 Å². The van der Waals surface area contributed by atoms with Gasteiger partial charge in [0.25, 0.3) is 0 Å². The summed E-state index contributed by atoms with van der Waals surface area (Å²) in [5.74, 6) is -0.546. The summed E-state index contributed by atoms with van der Waals surface area (Å²) in [4.78, 5) is 23.5. The third-order valence-electron chi connectivity index (χ3n) is 3.29. The van der Waals surface area contributed by atoms with E-state index >= 15 is 0 Å². The van der Waals surface area contributed by atoms with Crippen LogP contribution in [0.2, 0.25) is 0 Å². The fourth-order valence-corrected chi connectivity index (χ4v) is 3.00. The minimum Gasteiger partial charge on any atom is -0.477 e. The van der Waals surface area contributed by atoms with Gasteiger partial charge in [0, 0.05) is 26.2 Å². The number of aromatic nitrogens is 2. The summed E-state index contributed by atoms with van der Waals surface area (Å²) in [5, 5.41) is 9.64. The Morgan fingerprint density at radius 2 is 1.86 bits per heavy atom. The second kappa shape index (κ2) is 5.65. The summed E-state index contributed by atoms with van der Waals surface area (Å²) >= 11 is 1.18. The Morgan fingerprint density at radius 1 is 1.14 bits per heavy atom. The lowest BCUT2D eigenvalue weighted by Gasteiger charge is -2.35. The normalized spacial score (nSPS) is 15.3. The van der Waals surface area contributed by atoms with E-state index in [0.717, 1.165) is 37.1 Å². The quantitative estimate of drug-likeness (QED) is 0.931. The maximum atomic E-state index is 12.9. The Balaban J connectivity index is 1.64. The molecule has 0 spiro atoms. The van der Waals surface area contributed by atoms with Crippen LogP contribution in [0.4, 0.5) is 15.3 Å². The van der Waals surface area contributed by atoms with Crippen molar-refractivity contribution in [1.82, 2.24) is 9.97 Å². The molecule has 110 valence electrons. The highest BCUT2D eigenvalue weighted by molar-refractivity contribution is 7.17. The van der Waals surface area contributed by atoms with E-state index in [4.69, 9.17) is 5.11 Å². The number of aromatic carboxylic acids is 1. The third-order valence-corrected chi connectivity index (χ3v) is 4.34. The second-order valence-electron chi connectivity index (χ2n) is 4.62. The molecule has 8 heteroatoms. The van der Waals surface area contributed by atoms with Crippen LogP contribution < -0.4 is 9.80 Å². The first-order chi connectivity index (χ1) is 10.1. The fraction of sp³-hybridized carbons (Fsp3) is 0.308. The monoisotopic (exact) mass is 308 g/mol. The lowest BCUT2D eigenvalue weighted by molar-refractivity contribution is 0.0702. The SMILES string of the molecule is O=C(O)c1cnc(N2CCN(c3ccc(F)cn3)CC2)s1. The number of carboxylic acids is 1. The van der Waals surface area contributed by atoms with Crippen molar-refractivity contribution in [3.63, 3.8) is 0 Å². The number of pyridine rings is 1. The van der Waals surface area contributed by atoms with Crippen LogP contribution in [0.5, 0.6) is 0 Å². The molecule has 2 aromatic heterocycles. The zero-order valence-electron chi connectivity index (χ0n) is 11.1. The van der Waals surface area contributed by atoms with E-state index in [0.29, 0.717) is 0 Å². The smallest absolute Gasteiger partial charge is 0.347 e. The Morgan fingerprint density at radius 3 is 2.43 bits per heavy atom. The zero-order chi connectivity index (χ0) is 14.8. The summed E-state index contributed by atoms with van der Waals surface area (Å²) in [7, 11) is 0. The molecule has 2 aromatic rings. The molecule has 0 radical (unpaired) electrons. The molecule has 0 atom stereocenters. The minimum absolute atomic E-state index is 0.243. The van der Waals surface area contributed by atoms with Crippen LogP contribution in [0.1, 0.15) is 9.67 Å². The molecule has 0 saturated carbocycles. The molecule has 21 heavy (non-hydrogen) atoms.